The van der Waals surface area contributed by atoms with Gasteiger partial charge in [0, 0.05) is 11.3 Å². The number of benzene rings is 2. The van der Waals surface area contributed by atoms with Crippen LogP contribution in [0.1, 0.15) is 49.5 Å². The van der Waals surface area contributed by atoms with Crippen LogP contribution in [-0.2, 0) is 0 Å². The van der Waals surface area contributed by atoms with Crippen molar-refractivity contribution in [2.45, 2.75) is 33.6 Å². The molecular weight excluding hydrogens is 344 g/mol. The predicted octanol–water partition coefficient (Wildman–Crippen LogP) is 4.97. The molecule has 2 aromatic carbocycles. The zero-order valence-corrected chi connectivity index (χ0v) is 16.5. The molecule has 0 aliphatic heterocycles. The lowest BCUT2D eigenvalue weighted by molar-refractivity contribution is 0.0977. The molecule has 0 fully saturated rings. The molecule has 0 spiro atoms. The van der Waals surface area contributed by atoms with Crippen LogP contribution in [0, 0.1) is 5.92 Å². The van der Waals surface area contributed by atoms with Gasteiger partial charge < -0.3 is 10.1 Å². The third kappa shape index (κ3) is 6.15. The molecule has 4 nitrogen and oxygen atoms in total. The smallest absolute Gasteiger partial charge is 0.257 e. The van der Waals surface area contributed by atoms with E-state index < -0.39 is 0 Å². The minimum atomic E-state index is -0.227. The van der Waals surface area contributed by atoms with Crippen molar-refractivity contribution >= 4 is 28.9 Å². The second kappa shape index (κ2) is 9.34. The Morgan fingerprint density at radius 1 is 1.00 bits per heavy atom. The average molecular weight is 371 g/mol. The normalized spacial score (nSPS) is 10.7. The predicted molar refractivity (Wildman–Crippen MR) is 111 cm³/mol. The molecule has 0 aliphatic rings. The van der Waals surface area contributed by atoms with Crippen molar-refractivity contribution in [3.63, 3.8) is 0 Å². The van der Waals surface area contributed by atoms with Crippen molar-refractivity contribution in [1.29, 1.82) is 0 Å². The van der Waals surface area contributed by atoms with Gasteiger partial charge in [-0.1, -0.05) is 39.8 Å². The Morgan fingerprint density at radius 2 is 1.62 bits per heavy atom. The van der Waals surface area contributed by atoms with Gasteiger partial charge in [-0.15, -0.1) is 0 Å². The van der Waals surface area contributed by atoms with Gasteiger partial charge in [-0.3, -0.25) is 10.1 Å². The third-order valence-electron chi connectivity index (χ3n) is 3.76. The third-order valence-corrected chi connectivity index (χ3v) is 3.97. The minimum absolute atomic E-state index is 0.227. The van der Waals surface area contributed by atoms with E-state index in [1.54, 1.807) is 0 Å². The van der Waals surface area contributed by atoms with E-state index in [0.717, 1.165) is 11.4 Å². The number of thiocarbonyl (C=S) groups is 1. The van der Waals surface area contributed by atoms with Gasteiger partial charge in [-0.05, 0) is 66.0 Å². The molecule has 5 heteroatoms. The van der Waals surface area contributed by atoms with Gasteiger partial charge in [0.2, 0.25) is 0 Å². The van der Waals surface area contributed by atoms with Crippen molar-refractivity contribution in [3.8, 4) is 5.75 Å². The van der Waals surface area contributed by atoms with E-state index in [1.165, 1.54) is 5.56 Å². The molecule has 0 atom stereocenters. The van der Waals surface area contributed by atoms with Gasteiger partial charge in [0.1, 0.15) is 5.75 Å². The summed E-state index contributed by atoms with van der Waals surface area (Å²) in [6.07, 6.45) is 0. The largest absolute Gasteiger partial charge is 0.493 e. The van der Waals surface area contributed by atoms with Crippen LogP contribution in [-0.4, -0.2) is 17.6 Å². The number of nitrogens with one attached hydrogen (secondary N) is 2. The number of carbonyl (C=O) groups excluding carboxylic acids is 1. The standard InChI is InChI=1S/C21H26N2O2S/c1-14(2)13-25-19-11-9-18(10-12-19)22-21(26)23-20(24)17-7-5-16(6-8-17)15(3)4/h5-12,14-15H,13H2,1-4H3,(H2,22,23,24,26). The molecule has 138 valence electrons. The van der Waals surface area contributed by atoms with Crippen molar-refractivity contribution in [2.75, 3.05) is 11.9 Å². The van der Waals surface area contributed by atoms with Gasteiger partial charge in [0.05, 0.1) is 6.61 Å². The van der Waals surface area contributed by atoms with Gasteiger partial charge in [-0.2, -0.15) is 0 Å². The van der Waals surface area contributed by atoms with Crippen molar-refractivity contribution in [1.82, 2.24) is 5.32 Å². The monoisotopic (exact) mass is 370 g/mol. The highest BCUT2D eigenvalue weighted by Gasteiger charge is 2.09. The van der Waals surface area contributed by atoms with Crippen LogP contribution in [0.15, 0.2) is 48.5 Å². The zero-order chi connectivity index (χ0) is 19.1. The fraction of sp³-hybridized carbons (Fsp3) is 0.333. The summed E-state index contributed by atoms with van der Waals surface area (Å²) in [5, 5.41) is 5.97. The van der Waals surface area contributed by atoms with E-state index in [4.69, 9.17) is 17.0 Å². The molecule has 0 aliphatic carbocycles. The summed E-state index contributed by atoms with van der Waals surface area (Å²) in [6, 6.07) is 15.0. The fourth-order valence-corrected chi connectivity index (χ4v) is 2.46. The fourth-order valence-electron chi connectivity index (χ4n) is 2.25. The Bertz CT molecular complexity index is 738. The number of ether oxygens (including phenoxy) is 1. The quantitative estimate of drug-likeness (QED) is 0.705. The second-order valence-electron chi connectivity index (χ2n) is 6.91. The maximum Gasteiger partial charge on any atom is 0.257 e. The number of carbonyl (C=O) groups is 1. The highest BCUT2D eigenvalue weighted by atomic mass is 32.1. The Kier molecular flexibility index (Phi) is 7.16. The summed E-state index contributed by atoms with van der Waals surface area (Å²) >= 11 is 5.22. The van der Waals surface area contributed by atoms with E-state index in [9.17, 15) is 4.79 Å². The van der Waals surface area contributed by atoms with E-state index >= 15 is 0 Å². The number of hydrogen-bond donors (Lipinski definition) is 2. The van der Waals surface area contributed by atoms with Crippen molar-refractivity contribution in [2.24, 2.45) is 5.92 Å². The first-order valence-electron chi connectivity index (χ1n) is 8.80. The first-order chi connectivity index (χ1) is 12.3. The van der Waals surface area contributed by atoms with E-state index in [-0.39, 0.29) is 11.0 Å². The van der Waals surface area contributed by atoms with Gasteiger partial charge in [-0.25, -0.2) is 0 Å². The molecule has 2 aromatic rings. The summed E-state index contributed by atoms with van der Waals surface area (Å²) in [6.45, 7) is 9.12. The van der Waals surface area contributed by atoms with Crippen molar-refractivity contribution in [3.05, 3.63) is 59.7 Å². The molecule has 0 heterocycles. The molecule has 2 rings (SSSR count). The number of anilines is 1. The van der Waals surface area contributed by atoms with Crippen LogP contribution >= 0.6 is 12.2 Å². The lowest BCUT2D eigenvalue weighted by atomic mass is 10.0. The molecule has 0 bridgehead atoms. The highest BCUT2D eigenvalue weighted by Crippen LogP contribution is 2.17. The molecule has 0 radical (unpaired) electrons. The van der Waals surface area contributed by atoms with Gasteiger partial charge in [0.15, 0.2) is 5.11 Å². The lowest BCUT2D eigenvalue weighted by Gasteiger charge is -2.12. The molecule has 0 saturated carbocycles. The van der Waals surface area contributed by atoms with E-state index in [1.807, 2.05) is 48.5 Å². The molecule has 0 unspecified atom stereocenters. The number of hydrogen-bond acceptors (Lipinski definition) is 3. The zero-order valence-electron chi connectivity index (χ0n) is 15.7. The Balaban J connectivity index is 1.88. The van der Waals surface area contributed by atoms with Crippen LogP contribution in [0.25, 0.3) is 0 Å². The summed E-state index contributed by atoms with van der Waals surface area (Å²) in [7, 11) is 0. The van der Waals surface area contributed by atoms with Crippen LogP contribution in [0.3, 0.4) is 0 Å². The Labute approximate surface area is 161 Å². The molecular formula is C21H26N2O2S. The second-order valence-corrected chi connectivity index (χ2v) is 7.32. The number of rotatable bonds is 6. The van der Waals surface area contributed by atoms with Crippen LogP contribution in [0.2, 0.25) is 0 Å². The first kappa shape index (κ1) is 19.9. The molecule has 0 aromatic heterocycles. The van der Waals surface area contributed by atoms with E-state index in [0.29, 0.717) is 24.0 Å². The maximum atomic E-state index is 12.3. The molecule has 2 N–H and O–H groups in total. The SMILES string of the molecule is CC(C)COc1ccc(NC(=S)NC(=O)c2ccc(C(C)C)cc2)cc1. The molecule has 0 saturated heterocycles. The average Bonchev–Trinajstić information content (AvgIpc) is 2.61. The molecule has 26 heavy (non-hydrogen) atoms. The maximum absolute atomic E-state index is 12.3. The van der Waals surface area contributed by atoms with E-state index in [2.05, 4.69) is 38.3 Å². The van der Waals surface area contributed by atoms with Crippen molar-refractivity contribution < 1.29 is 9.53 Å². The number of amides is 1. The lowest BCUT2D eigenvalue weighted by Crippen LogP contribution is -2.34. The first-order valence-corrected chi connectivity index (χ1v) is 9.21. The highest BCUT2D eigenvalue weighted by molar-refractivity contribution is 7.80. The summed E-state index contributed by atoms with van der Waals surface area (Å²) in [4.78, 5) is 12.3. The Hall–Kier alpha value is -2.40. The minimum Gasteiger partial charge on any atom is -0.493 e. The van der Waals surface area contributed by atoms with Gasteiger partial charge >= 0.3 is 0 Å². The summed E-state index contributed by atoms with van der Waals surface area (Å²) in [5.74, 6) is 1.49. The van der Waals surface area contributed by atoms with Crippen LogP contribution in [0.4, 0.5) is 5.69 Å². The summed E-state index contributed by atoms with van der Waals surface area (Å²) in [5.41, 5.74) is 2.57. The van der Waals surface area contributed by atoms with Gasteiger partial charge in [0.25, 0.3) is 5.91 Å². The topological polar surface area (TPSA) is 50.4 Å². The van der Waals surface area contributed by atoms with Crippen LogP contribution in [0.5, 0.6) is 5.75 Å². The van der Waals surface area contributed by atoms with Crippen LogP contribution < -0.4 is 15.4 Å². The Morgan fingerprint density at radius 3 is 2.15 bits per heavy atom. The summed E-state index contributed by atoms with van der Waals surface area (Å²) < 4.78 is 5.65. The molecule has 1 amide bonds.